The number of para-hydroxylation sites is 1. The maximum absolute atomic E-state index is 14.2. The van der Waals surface area contributed by atoms with Crippen LogP contribution >= 0.6 is 0 Å². The van der Waals surface area contributed by atoms with Crippen LogP contribution in [0.25, 0.3) is 16.5 Å². The summed E-state index contributed by atoms with van der Waals surface area (Å²) in [6, 6.07) is 10.3. The number of pyridine rings is 1. The molecule has 5 rings (SSSR count). The van der Waals surface area contributed by atoms with Crippen LogP contribution in [-0.4, -0.2) is 57.2 Å². The first-order chi connectivity index (χ1) is 16.5. The number of hydrogen-bond acceptors (Lipinski definition) is 6. The monoisotopic (exact) mass is 487 g/mol. The summed E-state index contributed by atoms with van der Waals surface area (Å²) in [5.41, 5.74) is 3.14. The number of hydrogen-bond donors (Lipinski definition) is 1. The fourth-order valence-corrected chi connectivity index (χ4v) is 3.74. The summed E-state index contributed by atoms with van der Waals surface area (Å²) in [6.45, 7) is 3.27. The van der Waals surface area contributed by atoms with E-state index in [0.29, 0.717) is 11.6 Å². The van der Waals surface area contributed by atoms with Gasteiger partial charge >= 0.3 is 12.1 Å². The molecule has 1 atom stereocenters. The third-order valence-electron chi connectivity index (χ3n) is 5.58. The molecule has 1 fully saturated rings. The van der Waals surface area contributed by atoms with Crippen LogP contribution in [0.15, 0.2) is 60.1 Å². The van der Waals surface area contributed by atoms with E-state index in [4.69, 9.17) is 14.9 Å². The quantitative estimate of drug-likeness (QED) is 0.534. The van der Waals surface area contributed by atoms with Crippen molar-refractivity contribution in [3.63, 3.8) is 0 Å². The van der Waals surface area contributed by atoms with Gasteiger partial charge in [0.05, 0.1) is 35.0 Å². The first-order valence-electron chi connectivity index (χ1n) is 10.7. The van der Waals surface area contributed by atoms with Crippen LogP contribution < -0.4 is 4.90 Å². The molecule has 11 heteroatoms. The highest BCUT2D eigenvalue weighted by atomic mass is 19.4. The summed E-state index contributed by atoms with van der Waals surface area (Å²) in [7, 11) is 0. The van der Waals surface area contributed by atoms with Crippen LogP contribution in [0.5, 0.6) is 0 Å². The fraction of sp³-hybridized carbons (Fsp3) is 0.292. The van der Waals surface area contributed by atoms with E-state index in [1.54, 1.807) is 12.4 Å². The summed E-state index contributed by atoms with van der Waals surface area (Å²) in [6.07, 6.45) is 3.64. The minimum Gasteiger partial charge on any atom is -0.475 e. The zero-order valence-corrected chi connectivity index (χ0v) is 18.6. The Hall–Kier alpha value is -3.89. The van der Waals surface area contributed by atoms with Crippen molar-refractivity contribution in [2.24, 2.45) is 4.99 Å². The number of nitrogens with zero attached hydrogens (tertiary/aromatic N) is 5. The molecule has 0 saturated carbocycles. The number of allylic oxidation sites excluding steroid dienone is 1. The number of aliphatic carboxylic acids is 1. The van der Waals surface area contributed by atoms with E-state index >= 15 is 0 Å². The van der Waals surface area contributed by atoms with Gasteiger partial charge in [0.15, 0.2) is 0 Å². The van der Waals surface area contributed by atoms with Gasteiger partial charge < -0.3 is 10.0 Å². The van der Waals surface area contributed by atoms with Crippen molar-refractivity contribution in [2.75, 3.05) is 18.0 Å². The van der Waals surface area contributed by atoms with E-state index in [-0.39, 0.29) is 6.42 Å². The van der Waals surface area contributed by atoms with E-state index in [0.717, 1.165) is 40.9 Å². The second-order valence-corrected chi connectivity index (χ2v) is 8.51. The van der Waals surface area contributed by atoms with E-state index in [2.05, 4.69) is 32.0 Å². The molecule has 2 aliphatic rings. The molecule has 2 aromatic heterocycles. The third kappa shape index (κ3) is 5.79. The number of alkyl halides is 4. The molecular weight excluding hydrogens is 466 g/mol. The number of carboxylic acids is 1. The Balaban J connectivity index is 0.000000364. The van der Waals surface area contributed by atoms with Gasteiger partial charge in [-0.15, -0.1) is 0 Å². The third-order valence-corrected chi connectivity index (χ3v) is 5.58. The normalized spacial score (nSPS) is 20.0. The maximum Gasteiger partial charge on any atom is 0.490 e. The zero-order valence-electron chi connectivity index (χ0n) is 18.6. The summed E-state index contributed by atoms with van der Waals surface area (Å²) in [5, 5.41) is 8.27. The second kappa shape index (κ2) is 9.40. The Morgan fingerprint density at radius 1 is 1.17 bits per heavy atom. The molecule has 2 aliphatic heterocycles. The highest BCUT2D eigenvalue weighted by Gasteiger charge is 2.38. The lowest BCUT2D eigenvalue weighted by Crippen LogP contribution is -2.45. The Bertz CT molecular complexity index is 1300. The molecule has 0 radical (unpaired) electrons. The van der Waals surface area contributed by atoms with Gasteiger partial charge in [-0.25, -0.2) is 14.2 Å². The van der Waals surface area contributed by atoms with E-state index < -0.39 is 17.8 Å². The van der Waals surface area contributed by atoms with Crippen LogP contribution in [0.4, 0.5) is 23.2 Å². The average molecular weight is 487 g/mol. The van der Waals surface area contributed by atoms with Gasteiger partial charge in [0, 0.05) is 55.0 Å². The number of anilines is 1. The number of halogens is 4. The molecule has 1 N–H and O–H groups in total. The smallest absolute Gasteiger partial charge is 0.475 e. The molecule has 0 spiro atoms. The standard InChI is InChI=1S/C22H20FN5.C2HF3O2/c1-22(23)7-16(8-25-14-22)20-10-24-11-21(27-20)17-12-28(13-17)18-6-15-4-2-3-5-19(15)26-9-18;3-2(4,5)1(6)7/h2-6,8-11,14,17H,7,12-13H2,1H3;(H,6,7). The molecule has 1 aromatic carbocycles. The predicted molar refractivity (Wildman–Crippen MR) is 123 cm³/mol. The van der Waals surface area contributed by atoms with Crippen LogP contribution in [0.1, 0.15) is 30.7 Å². The maximum atomic E-state index is 14.2. The number of aliphatic imine (C=N–C) groups is 1. The number of rotatable bonds is 3. The lowest BCUT2D eigenvalue weighted by Gasteiger charge is -2.40. The second-order valence-electron chi connectivity index (χ2n) is 8.51. The van der Waals surface area contributed by atoms with E-state index in [9.17, 15) is 17.6 Å². The van der Waals surface area contributed by atoms with Crippen molar-refractivity contribution in [3.05, 3.63) is 66.5 Å². The van der Waals surface area contributed by atoms with Crippen LogP contribution in [0.2, 0.25) is 0 Å². The number of aromatic nitrogens is 3. The fourth-order valence-electron chi connectivity index (χ4n) is 3.74. The van der Waals surface area contributed by atoms with Crippen molar-refractivity contribution in [1.29, 1.82) is 0 Å². The lowest BCUT2D eigenvalue weighted by molar-refractivity contribution is -0.192. The van der Waals surface area contributed by atoms with Crippen molar-refractivity contribution >= 4 is 34.3 Å². The van der Waals surface area contributed by atoms with Crippen LogP contribution in [0.3, 0.4) is 0 Å². The van der Waals surface area contributed by atoms with Gasteiger partial charge in [0.25, 0.3) is 0 Å². The van der Waals surface area contributed by atoms with E-state index in [1.165, 1.54) is 13.1 Å². The van der Waals surface area contributed by atoms with E-state index in [1.807, 2.05) is 30.6 Å². The molecular formula is C24H21F4N5O2. The van der Waals surface area contributed by atoms with Gasteiger partial charge in [-0.3, -0.25) is 15.0 Å². The first-order valence-corrected chi connectivity index (χ1v) is 10.7. The SMILES string of the molecule is CC1(F)C=NC=C(c2cncc(C3CN(c4cnc5ccccc5c4)C3)n2)C1.O=C(O)C(F)(F)F. The number of fused-ring (bicyclic) bond motifs is 1. The summed E-state index contributed by atoms with van der Waals surface area (Å²) < 4.78 is 46.0. The molecule has 0 bridgehead atoms. The van der Waals surface area contributed by atoms with Crippen molar-refractivity contribution in [3.8, 4) is 0 Å². The molecule has 4 heterocycles. The van der Waals surface area contributed by atoms with Gasteiger partial charge in [-0.05, 0) is 19.1 Å². The van der Waals surface area contributed by atoms with Crippen molar-refractivity contribution in [1.82, 2.24) is 15.0 Å². The Morgan fingerprint density at radius 2 is 1.89 bits per heavy atom. The summed E-state index contributed by atoms with van der Waals surface area (Å²) in [4.78, 5) is 28.9. The van der Waals surface area contributed by atoms with Crippen LogP contribution in [0, 0.1) is 0 Å². The van der Waals surface area contributed by atoms with Gasteiger partial charge in [-0.2, -0.15) is 13.2 Å². The number of carboxylic acid groups (broad SMARTS) is 1. The van der Waals surface area contributed by atoms with Gasteiger partial charge in [0.1, 0.15) is 5.67 Å². The topological polar surface area (TPSA) is 91.6 Å². The van der Waals surface area contributed by atoms with Crippen molar-refractivity contribution < 1.29 is 27.5 Å². The summed E-state index contributed by atoms with van der Waals surface area (Å²) >= 11 is 0. The largest absolute Gasteiger partial charge is 0.490 e. The molecule has 0 aliphatic carbocycles. The highest BCUT2D eigenvalue weighted by molar-refractivity contribution is 5.82. The molecule has 182 valence electrons. The van der Waals surface area contributed by atoms with Gasteiger partial charge in [0.2, 0.25) is 0 Å². The Labute approximate surface area is 197 Å². The predicted octanol–water partition coefficient (Wildman–Crippen LogP) is 4.81. The molecule has 7 nitrogen and oxygen atoms in total. The molecule has 35 heavy (non-hydrogen) atoms. The highest BCUT2D eigenvalue weighted by Crippen LogP contribution is 2.33. The number of carbonyl (C=O) groups is 1. The first kappa shape index (κ1) is 24.2. The summed E-state index contributed by atoms with van der Waals surface area (Å²) in [5.74, 6) is -2.45. The Kier molecular flexibility index (Phi) is 6.51. The zero-order chi connectivity index (χ0) is 25.2. The molecule has 3 aromatic rings. The lowest BCUT2D eigenvalue weighted by atomic mass is 9.94. The van der Waals surface area contributed by atoms with Crippen LogP contribution in [-0.2, 0) is 4.79 Å². The minimum atomic E-state index is -5.08. The molecule has 0 amide bonds. The van der Waals surface area contributed by atoms with Gasteiger partial charge in [-0.1, -0.05) is 18.2 Å². The average Bonchev–Trinajstić information content (AvgIpc) is 2.77. The number of benzene rings is 1. The molecule has 1 saturated heterocycles. The van der Waals surface area contributed by atoms with Crippen molar-refractivity contribution in [2.45, 2.75) is 31.1 Å². The minimum absolute atomic E-state index is 0.272. The Morgan fingerprint density at radius 3 is 2.57 bits per heavy atom. The molecule has 1 unspecified atom stereocenters.